The van der Waals surface area contributed by atoms with Gasteiger partial charge >= 0.3 is 0 Å². The Bertz CT molecular complexity index is 511. The number of likely N-dealkylation sites (tertiary alicyclic amines) is 1. The minimum atomic E-state index is -0.278. The highest BCUT2D eigenvalue weighted by atomic mass is 16.5. The number of β-amino-alcohol motifs (C(OH)–C–C–N with tert-alkyl or cyclic N) is 1. The molecule has 136 valence electrons. The highest BCUT2D eigenvalue weighted by Gasteiger charge is 2.27. The predicted octanol–water partition coefficient (Wildman–Crippen LogP) is 0.755. The molecular formula is C18H32N4O2. The van der Waals surface area contributed by atoms with E-state index in [0.717, 1.165) is 45.7 Å². The van der Waals surface area contributed by atoms with Crippen molar-refractivity contribution in [3.8, 4) is 0 Å². The lowest BCUT2D eigenvalue weighted by Gasteiger charge is -2.36. The molecule has 4 atom stereocenters. The molecule has 2 aliphatic rings. The van der Waals surface area contributed by atoms with Crippen LogP contribution in [0.25, 0.3) is 0 Å². The number of hydrogen-bond donors (Lipinski definition) is 1. The zero-order valence-corrected chi connectivity index (χ0v) is 15.3. The van der Waals surface area contributed by atoms with Gasteiger partial charge in [0.2, 0.25) is 0 Å². The summed E-state index contributed by atoms with van der Waals surface area (Å²) in [6, 6.07) is 0. The van der Waals surface area contributed by atoms with E-state index in [1.165, 1.54) is 12.0 Å². The summed E-state index contributed by atoms with van der Waals surface area (Å²) in [5.74, 6) is 0.685. The molecule has 2 aliphatic heterocycles. The van der Waals surface area contributed by atoms with Gasteiger partial charge in [0.1, 0.15) is 0 Å². The molecule has 2 saturated heterocycles. The first kappa shape index (κ1) is 17.9. The monoisotopic (exact) mass is 336 g/mol. The SMILES string of the molecule is CC1CN(CC(O)CN2CCC(Cc3cnn(C)c3)C2)CC(C)O1. The van der Waals surface area contributed by atoms with E-state index >= 15 is 0 Å². The van der Waals surface area contributed by atoms with Gasteiger partial charge in [0.15, 0.2) is 0 Å². The van der Waals surface area contributed by atoms with Crippen LogP contribution in [0.15, 0.2) is 12.4 Å². The van der Waals surface area contributed by atoms with E-state index < -0.39 is 0 Å². The van der Waals surface area contributed by atoms with Crippen molar-refractivity contribution in [3.63, 3.8) is 0 Å². The van der Waals surface area contributed by atoms with Crippen LogP contribution in [0.3, 0.4) is 0 Å². The lowest BCUT2D eigenvalue weighted by molar-refractivity contribution is -0.0777. The van der Waals surface area contributed by atoms with Crippen LogP contribution in [-0.4, -0.2) is 82.3 Å². The molecule has 2 fully saturated rings. The Morgan fingerprint density at radius 1 is 1.21 bits per heavy atom. The molecule has 4 unspecified atom stereocenters. The lowest BCUT2D eigenvalue weighted by Crippen LogP contribution is -2.49. The van der Waals surface area contributed by atoms with Crippen molar-refractivity contribution in [2.75, 3.05) is 39.3 Å². The summed E-state index contributed by atoms with van der Waals surface area (Å²) in [4.78, 5) is 4.76. The summed E-state index contributed by atoms with van der Waals surface area (Å²) in [7, 11) is 1.97. The molecule has 0 aliphatic carbocycles. The molecule has 6 nitrogen and oxygen atoms in total. The van der Waals surface area contributed by atoms with Crippen LogP contribution in [0.4, 0.5) is 0 Å². The number of aliphatic hydroxyl groups excluding tert-OH is 1. The Morgan fingerprint density at radius 3 is 2.58 bits per heavy atom. The molecule has 1 N–H and O–H groups in total. The molecule has 0 amide bonds. The first-order chi connectivity index (χ1) is 11.5. The smallest absolute Gasteiger partial charge is 0.0793 e. The predicted molar refractivity (Wildman–Crippen MR) is 93.9 cm³/mol. The fraction of sp³-hybridized carbons (Fsp3) is 0.833. The highest BCUT2D eigenvalue weighted by molar-refractivity contribution is 5.05. The van der Waals surface area contributed by atoms with Gasteiger partial charge in [-0.2, -0.15) is 5.10 Å². The largest absolute Gasteiger partial charge is 0.390 e. The van der Waals surface area contributed by atoms with Crippen LogP contribution in [0.5, 0.6) is 0 Å². The Morgan fingerprint density at radius 2 is 1.92 bits per heavy atom. The molecule has 0 radical (unpaired) electrons. The molecule has 6 heteroatoms. The Labute approximate surface area is 145 Å². The number of ether oxygens (including phenoxy) is 1. The Kier molecular flexibility index (Phi) is 5.92. The number of hydrogen-bond acceptors (Lipinski definition) is 5. The second kappa shape index (κ2) is 7.95. The van der Waals surface area contributed by atoms with Crippen molar-refractivity contribution >= 4 is 0 Å². The maximum Gasteiger partial charge on any atom is 0.0793 e. The van der Waals surface area contributed by atoms with Crippen LogP contribution >= 0.6 is 0 Å². The number of morpholine rings is 1. The second-order valence-corrected chi connectivity index (χ2v) is 7.77. The van der Waals surface area contributed by atoms with E-state index in [0.29, 0.717) is 5.92 Å². The standard InChI is InChI=1S/C18H32N4O2/c1-14-8-22(9-15(2)24-14)13-18(23)12-21-5-4-16(11-21)6-17-7-19-20(3)10-17/h7,10,14-16,18,23H,4-6,8-9,11-13H2,1-3H3. The third-order valence-electron chi connectivity index (χ3n) is 5.09. The zero-order chi connectivity index (χ0) is 17.1. The van der Waals surface area contributed by atoms with E-state index in [2.05, 4.69) is 34.9 Å². The maximum absolute atomic E-state index is 10.5. The van der Waals surface area contributed by atoms with Gasteiger partial charge < -0.3 is 14.7 Å². The fourth-order valence-electron chi connectivity index (χ4n) is 4.24. The maximum atomic E-state index is 10.5. The summed E-state index contributed by atoms with van der Waals surface area (Å²) in [5.41, 5.74) is 1.32. The third-order valence-corrected chi connectivity index (χ3v) is 5.09. The summed E-state index contributed by atoms with van der Waals surface area (Å²) >= 11 is 0. The van der Waals surface area contributed by atoms with Crippen molar-refractivity contribution < 1.29 is 9.84 Å². The Hall–Kier alpha value is -0.950. The minimum absolute atomic E-state index is 0.261. The lowest BCUT2D eigenvalue weighted by atomic mass is 10.0. The summed E-state index contributed by atoms with van der Waals surface area (Å²) < 4.78 is 7.63. The van der Waals surface area contributed by atoms with Crippen molar-refractivity contribution in [1.82, 2.24) is 19.6 Å². The highest BCUT2D eigenvalue weighted by Crippen LogP contribution is 2.21. The minimum Gasteiger partial charge on any atom is -0.390 e. The van der Waals surface area contributed by atoms with Crippen LogP contribution in [0.2, 0.25) is 0 Å². The molecule has 3 heterocycles. The van der Waals surface area contributed by atoms with Gasteiger partial charge in [-0.15, -0.1) is 0 Å². The molecule has 0 saturated carbocycles. The number of aromatic nitrogens is 2. The molecule has 0 bridgehead atoms. The summed E-state index contributed by atoms with van der Waals surface area (Å²) in [5, 5.41) is 14.7. The molecule has 3 rings (SSSR count). The second-order valence-electron chi connectivity index (χ2n) is 7.77. The number of rotatable bonds is 6. The van der Waals surface area contributed by atoms with Crippen LogP contribution in [0.1, 0.15) is 25.8 Å². The quantitative estimate of drug-likeness (QED) is 0.831. The summed E-state index contributed by atoms with van der Waals surface area (Å²) in [6.45, 7) is 9.78. The topological polar surface area (TPSA) is 53.8 Å². The third kappa shape index (κ3) is 5.02. The number of aryl methyl sites for hydroxylation is 1. The molecule has 0 aromatic carbocycles. The average molecular weight is 336 g/mol. The number of nitrogens with zero attached hydrogens (tertiary/aromatic N) is 4. The summed E-state index contributed by atoms with van der Waals surface area (Å²) in [6.07, 6.45) is 6.63. The molecule has 24 heavy (non-hydrogen) atoms. The van der Waals surface area contributed by atoms with E-state index in [-0.39, 0.29) is 18.3 Å². The molecule has 1 aromatic rings. The van der Waals surface area contributed by atoms with Gasteiger partial charge in [0.25, 0.3) is 0 Å². The normalized spacial score (nSPS) is 30.8. The van der Waals surface area contributed by atoms with E-state index in [9.17, 15) is 5.11 Å². The van der Waals surface area contributed by atoms with Gasteiger partial charge in [0.05, 0.1) is 24.5 Å². The molecule has 0 spiro atoms. The van der Waals surface area contributed by atoms with Gasteiger partial charge in [-0.05, 0) is 44.7 Å². The van der Waals surface area contributed by atoms with E-state index in [1.807, 2.05) is 17.9 Å². The van der Waals surface area contributed by atoms with Gasteiger partial charge in [-0.3, -0.25) is 9.58 Å². The van der Waals surface area contributed by atoms with Crippen molar-refractivity contribution in [1.29, 1.82) is 0 Å². The zero-order valence-electron chi connectivity index (χ0n) is 15.3. The first-order valence-corrected chi connectivity index (χ1v) is 9.23. The van der Waals surface area contributed by atoms with Crippen molar-refractivity contribution in [3.05, 3.63) is 18.0 Å². The van der Waals surface area contributed by atoms with Crippen molar-refractivity contribution in [2.24, 2.45) is 13.0 Å². The van der Waals surface area contributed by atoms with Crippen LogP contribution < -0.4 is 0 Å². The average Bonchev–Trinajstić information content (AvgIpc) is 3.07. The van der Waals surface area contributed by atoms with E-state index in [1.54, 1.807) is 0 Å². The van der Waals surface area contributed by atoms with Gasteiger partial charge in [-0.1, -0.05) is 0 Å². The first-order valence-electron chi connectivity index (χ1n) is 9.23. The van der Waals surface area contributed by atoms with Crippen LogP contribution in [0, 0.1) is 5.92 Å². The molecular weight excluding hydrogens is 304 g/mol. The van der Waals surface area contributed by atoms with Crippen LogP contribution in [-0.2, 0) is 18.2 Å². The molecule has 1 aromatic heterocycles. The fourth-order valence-corrected chi connectivity index (χ4v) is 4.24. The van der Waals surface area contributed by atoms with Gasteiger partial charge in [-0.25, -0.2) is 0 Å². The van der Waals surface area contributed by atoms with Gasteiger partial charge in [0, 0.05) is 46.0 Å². The van der Waals surface area contributed by atoms with Crippen molar-refractivity contribution in [2.45, 2.75) is 45.0 Å². The van der Waals surface area contributed by atoms with E-state index in [4.69, 9.17) is 4.74 Å². The number of aliphatic hydroxyl groups is 1. The Balaban J connectivity index is 1.40.